The molecule has 6 nitrogen and oxygen atoms in total. The second-order valence-corrected chi connectivity index (χ2v) is 11.9. The molecular weight excluding hydrogens is 322 g/mol. The maximum absolute atomic E-state index is 8.43. The minimum absolute atomic E-state index is 0.214. The molecule has 2 atom stereocenters. The summed E-state index contributed by atoms with van der Waals surface area (Å²) in [4.78, 5) is 2.82. The molecule has 1 aliphatic rings. The van der Waals surface area contributed by atoms with Crippen molar-refractivity contribution in [3.05, 3.63) is 22.6 Å². The summed E-state index contributed by atoms with van der Waals surface area (Å²) in [7, 11) is 1.61. The fourth-order valence-corrected chi connectivity index (χ4v) is 5.22. The first-order chi connectivity index (χ1) is 11.3. The van der Waals surface area contributed by atoms with E-state index in [1.165, 1.54) is 0 Å². The first-order valence-electron chi connectivity index (χ1n) is 8.74. The van der Waals surface area contributed by atoms with E-state index >= 15 is 0 Å². The van der Waals surface area contributed by atoms with E-state index in [-0.39, 0.29) is 11.9 Å². The van der Waals surface area contributed by atoms with Crippen molar-refractivity contribution in [1.82, 2.24) is 0 Å². The molecule has 1 saturated carbocycles. The van der Waals surface area contributed by atoms with Gasteiger partial charge in [-0.3, -0.25) is 0 Å². The lowest BCUT2D eigenvalue weighted by molar-refractivity contribution is -0.124. The number of rotatable bonds is 11. The van der Waals surface area contributed by atoms with E-state index in [1.807, 2.05) is 0 Å². The first kappa shape index (κ1) is 21.2. The van der Waals surface area contributed by atoms with Crippen LogP contribution in [0.3, 0.4) is 0 Å². The smallest absolute Gasteiger partial charge is 0.184 e. The van der Waals surface area contributed by atoms with Crippen LogP contribution in [0.25, 0.3) is 10.4 Å². The van der Waals surface area contributed by atoms with Crippen molar-refractivity contribution < 1.29 is 13.9 Å². The van der Waals surface area contributed by atoms with Gasteiger partial charge in [0.05, 0.1) is 5.60 Å². The molecule has 0 aromatic rings. The SMILES string of the molecule is C=C(CCCN=[N+]=[N-])[C@@]1(O[Si](C)(C)C)CCC[C@@H]1CC(OC)OC. The van der Waals surface area contributed by atoms with Crippen molar-refractivity contribution in [2.75, 3.05) is 20.8 Å². The van der Waals surface area contributed by atoms with E-state index < -0.39 is 8.32 Å². The average Bonchev–Trinajstić information content (AvgIpc) is 2.90. The Labute approximate surface area is 147 Å². The van der Waals surface area contributed by atoms with E-state index in [1.54, 1.807) is 14.2 Å². The van der Waals surface area contributed by atoms with E-state index in [9.17, 15) is 0 Å². The zero-order valence-corrected chi connectivity index (χ0v) is 16.9. The summed E-state index contributed by atoms with van der Waals surface area (Å²) < 4.78 is 17.6. The van der Waals surface area contributed by atoms with Gasteiger partial charge < -0.3 is 13.9 Å². The average molecular weight is 356 g/mol. The lowest BCUT2D eigenvalue weighted by atomic mass is 9.80. The Morgan fingerprint density at radius 2 is 2.04 bits per heavy atom. The molecule has 0 heterocycles. The van der Waals surface area contributed by atoms with Gasteiger partial charge in [-0.15, -0.1) is 0 Å². The predicted molar refractivity (Wildman–Crippen MR) is 99.3 cm³/mol. The van der Waals surface area contributed by atoms with Crippen LogP contribution < -0.4 is 0 Å². The Morgan fingerprint density at radius 3 is 2.58 bits per heavy atom. The van der Waals surface area contributed by atoms with Crippen LogP contribution in [-0.2, 0) is 13.9 Å². The molecule has 0 amide bonds. The lowest BCUT2D eigenvalue weighted by Gasteiger charge is -2.43. The molecule has 7 heteroatoms. The summed E-state index contributed by atoms with van der Waals surface area (Å²) in [5.74, 6) is 0.348. The van der Waals surface area contributed by atoms with Crippen LogP contribution in [0.15, 0.2) is 17.3 Å². The van der Waals surface area contributed by atoms with Crippen LogP contribution in [0.4, 0.5) is 0 Å². The monoisotopic (exact) mass is 355 g/mol. The van der Waals surface area contributed by atoms with Gasteiger partial charge in [-0.05, 0) is 68.8 Å². The van der Waals surface area contributed by atoms with Gasteiger partial charge in [0.25, 0.3) is 0 Å². The Kier molecular flexibility index (Phi) is 8.46. The number of nitrogens with zero attached hydrogens (tertiary/aromatic N) is 3. The van der Waals surface area contributed by atoms with Gasteiger partial charge in [0.15, 0.2) is 14.6 Å². The molecule has 1 aliphatic carbocycles. The Balaban J connectivity index is 2.95. The van der Waals surface area contributed by atoms with Gasteiger partial charge in [-0.25, -0.2) is 0 Å². The second-order valence-electron chi connectivity index (χ2n) is 7.49. The lowest BCUT2D eigenvalue weighted by Crippen LogP contribution is -2.47. The largest absolute Gasteiger partial charge is 0.408 e. The Morgan fingerprint density at radius 1 is 1.38 bits per heavy atom. The molecule has 0 N–H and O–H groups in total. The van der Waals surface area contributed by atoms with Crippen LogP contribution in [0, 0.1) is 5.92 Å². The fourth-order valence-electron chi connectivity index (χ4n) is 3.72. The summed E-state index contributed by atoms with van der Waals surface area (Å²) in [6.45, 7) is 11.6. The minimum Gasteiger partial charge on any atom is -0.408 e. The van der Waals surface area contributed by atoms with E-state index in [0.29, 0.717) is 12.5 Å². The van der Waals surface area contributed by atoms with Crippen molar-refractivity contribution in [3.63, 3.8) is 0 Å². The number of methoxy groups -OCH3 is 2. The van der Waals surface area contributed by atoms with E-state index in [2.05, 4.69) is 36.2 Å². The molecule has 0 aromatic carbocycles. The molecule has 138 valence electrons. The zero-order valence-electron chi connectivity index (χ0n) is 15.9. The molecule has 0 aromatic heterocycles. The summed E-state index contributed by atoms with van der Waals surface area (Å²) in [5.41, 5.74) is 9.27. The summed E-state index contributed by atoms with van der Waals surface area (Å²) >= 11 is 0. The molecule has 0 unspecified atom stereocenters. The summed E-state index contributed by atoms with van der Waals surface area (Å²) in [6, 6.07) is 0. The molecule has 0 radical (unpaired) electrons. The number of ether oxygens (including phenoxy) is 2. The van der Waals surface area contributed by atoms with Crippen LogP contribution in [0.5, 0.6) is 0 Å². The standard InChI is InChI=1S/C17H33N3O3Si/c1-14(9-8-12-19-20-18)17(23-24(4,5)6)11-7-10-15(17)13-16(21-2)22-3/h15-16H,1,7-13H2,2-6H3/t15-,17+/m1/s1. The summed E-state index contributed by atoms with van der Waals surface area (Å²) in [5, 5.41) is 3.63. The van der Waals surface area contributed by atoms with Gasteiger partial charge in [0.2, 0.25) is 0 Å². The number of azide groups is 1. The molecule has 24 heavy (non-hydrogen) atoms. The fraction of sp³-hybridized carbons (Fsp3) is 0.882. The molecule has 0 spiro atoms. The van der Waals surface area contributed by atoms with Gasteiger partial charge in [-0.1, -0.05) is 11.7 Å². The third kappa shape index (κ3) is 5.90. The van der Waals surface area contributed by atoms with Gasteiger partial charge >= 0.3 is 0 Å². The summed E-state index contributed by atoms with van der Waals surface area (Å²) in [6.07, 6.45) is 5.46. The van der Waals surface area contributed by atoms with Crippen molar-refractivity contribution >= 4 is 8.32 Å². The second kappa shape index (κ2) is 9.58. The van der Waals surface area contributed by atoms with Crippen molar-refractivity contribution in [2.24, 2.45) is 11.0 Å². The highest BCUT2D eigenvalue weighted by molar-refractivity contribution is 6.69. The third-order valence-electron chi connectivity index (χ3n) is 4.65. The topological polar surface area (TPSA) is 76.5 Å². The predicted octanol–water partition coefficient (Wildman–Crippen LogP) is 5.03. The minimum atomic E-state index is -1.75. The Bertz CT molecular complexity index is 456. The molecule has 0 aliphatic heterocycles. The van der Waals surface area contributed by atoms with Crippen LogP contribution in [0.2, 0.25) is 19.6 Å². The molecule has 1 rings (SSSR count). The maximum atomic E-state index is 8.43. The van der Waals surface area contributed by atoms with Gasteiger partial charge in [0.1, 0.15) is 0 Å². The van der Waals surface area contributed by atoms with Crippen LogP contribution in [0.1, 0.15) is 38.5 Å². The Hall–Kier alpha value is -0.853. The van der Waals surface area contributed by atoms with Gasteiger partial charge in [-0.2, -0.15) is 0 Å². The number of hydrogen-bond acceptors (Lipinski definition) is 4. The quantitative estimate of drug-likeness (QED) is 0.0991. The van der Waals surface area contributed by atoms with Crippen LogP contribution >= 0.6 is 0 Å². The molecule has 0 bridgehead atoms. The number of hydrogen-bond donors (Lipinski definition) is 0. The third-order valence-corrected chi connectivity index (χ3v) is 5.63. The molecular formula is C17H33N3O3Si. The first-order valence-corrected chi connectivity index (χ1v) is 12.1. The molecule has 1 fully saturated rings. The van der Waals surface area contributed by atoms with E-state index in [4.69, 9.17) is 19.4 Å². The maximum Gasteiger partial charge on any atom is 0.184 e. The zero-order chi connectivity index (χ0) is 18.2. The van der Waals surface area contributed by atoms with Crippen molar-refractivity contribution in [2.45, 2.75) is 70.1 Å². The molecule has 0 saturated heterocycles. The highest BCUT2D eigenvalue weighted by Gasteiger charge is 2.48. The van der Waals surface area contributed by atoms with Gasteiger partial charge in [0, 0.05) is 32.1 Å². The van der Waals surface area contributed by atoms with Crippen LogP contribution in [-0.4, -0.2) is 41.0 Å². The van der Waals surface area contributed by atoms with Crippen molar-refractivity contribution in [3.8, 4) is 0 Å². The van der Waals surface area contributed by atoms with Crippen molar-refractivity contribution in [1.29, 1.82) is 0 Å². The highest BCUT2D eigenvalue weighted by Crippen LogP contribution is 2.48. The van der Waals surface area contributed by atoms with E-state index in [0.717, 1.165) is 44.1 Å². The normalized spacial score (nSPS) is 24.2. The highest BCUT2D eigenvalue weighted by atomic mass is 28.4.